The number of thiazole rings is 1. The van der Waals surface area contributed by atoms with Crippen molar-refractivity contribution in [2.24, 2.45) is 0 Å². The summed E-state index contributed by atoms with van der Waals surface area (Å²) in [6.07, 6.45) is 1.53. The maximum absolute atomic E-state index is 15.7. The maximum atomic E-state index is 15.7. The van der Waals surface area contributed by atoms with E-state index in [1.54, 1.807) is 36.6 Å². The molecule has 0 aliphatic carbocycles. The summed E-state index contributed by atoms with van der Waals surface area (Å²) in [6.45, 7) is 7.83. The fourth-order valence-corrected chi connectivity index (χ4v) is 6.43. The van der Waals surface area contributed by atoms with E-state index in [-0.39, 0.29) is 26.8 Å². The number of halogens is 1. The predicted molar refractivity (Wildman–Crippen MR) is 132 cm³/mol. The van der Waals surface area contributed by atoms with E-state index in [0.29, 0.717) is 16.3 Å². The molecule has 172 valence electrons. The average molecular weight is 504 g/mol. The molecule has 0 unspecified atom stereocenters. The van der Waals surface area contributed by atoms with Gasteiger partial charge in [0, 0.05) is 17.2 Å². The first-order valence-corrected chi connectivity index (χ1v) is 13.1. The highest BCUT2D eigenvalue weighted by molar-refractivity contribution is 7.94. The molecule has 0 fully saturated rings. The van der Waals surface area contributed by atoms with Crippen molar-refractivity contribution in [1.82, 2.24) is 15.0 Å². The Hall–Kier alpha value is -2.89. The van der Waals surface area contributed by atoms with Gasteiger partial charge in [-0.3, -0.25) is 4.72 Å². The second-order valence-electron chi connectivity index (χ2n) is 8.46. The fourth-order valence-electron chi connectivity index (χ4n) is 3.03. The number of sulfonamides is 1. The molecule has 0 spiro atoms. The van der Waals surface area contributed by atoms with Crippen molar-refractivity contribution in [3.8, 4) is 21.8 Å². The van der Waals surface area contributed by atoms with Crippen LogP contribution in [-0.4, -0.2) is 23.4 Å². The Bertz CT molecular complexity index is 1440. The quantitative estimate of drug-likeness (QED) is 0.374. The van der Waals surface area contributed by atoms with Gasteiger partial charge in [0.2, 0.25) is 5.95 Å². The molecule has 0 saturated heterocycles. The van der Waals surface area contributed by atoms with Gasteiger partial charge in [-0.2, -0.15) is 0 Å². The SMILES string of the molecule is Cc1csc(S(=O)(=O)Nc2cccc(-c3nc(C(C)(C)C)sc3-c3ccnc(N)n3)c2F)c1. The van der Waals surface area contributed by atoms with Gasteiger partial charge in [0.05, 0.1) is 27.0 Å². The van der Waals surface area contributed by atoms with E-state index in [1.165, 1.54) is 23.6 Å². The molecule has 11 heteroatoms. The lowest BCUT2D eigenvalue weighted by molar-refractivity contribution is 0.585. The Morgan fingerprint density at radius 1 is 1.15 bits per heavy atom. The first-order valence-electron chi connectivity index (χ1n) is 9.93. The van der Waals surface area contributed by atoms with Gasteiger partial charge in [0.15, 0.2) is 5.82 Å². The first kappa shape index (κ1) is 23.3. The molecule has 3 N–H and O–H groups in total. The summed E-state index contributed by atoms with van der Waals surface area (Å²) in [7, 11) is -3.93. The van der Waals surface area contributed by atoms with E-state index < -0.39 is 15.8 Å². The molecule has 0 saturated carbocycles. The highest BCUT2D eigenvalue weighted by Crippen LogP contribution is 2.42. The van der Waals surface area contributed by atoms with Crippen molar-refractivity contribution in [2.45, 2.75) is 37.3 Å². The molecule has 4 rings (SSSR count). The maximum Gasteiger partial charge on any atom is 0.271 e. The van der Waals surface area contributed by atoms with Crippen LogP contribution in [0.25, 0.3) is 21.8 Å². The number of thiophene rings is 1. The van der Waals surface area contributed by atoms with Gasteiger partial charge in [-0.1, -0.05) is 26.8 Å². The van der Waals surface area contributed by atoms with Crippen LogP contribution in [0.1, 0.15) is 31.3 Å². The molecule has 0 amide bonds. The molecule has 7 nitrogen and oxygen atoms in total. The summed E-state index contributed by atoms with van der Waals surface area (Å²) < 4.78 is 43.7. The van der Waals surface area contributed by atoms with Crippen LogP contribution in [0.4, 0.5) is 16.0 Å². The van der Waals surface area contributed by atoms with Gasteiger partial charge < -0.3 is 5.73 Å². The second kappa shape index (κ2) is 8.47. The van der Waals surface area contributed by atoms with Crippen molar-refractivity contribution in [1.29, 1.82) is 0 Å². The number of nitrogens with zero attached hydrogens (tertiary/aromatic N) is 3. The molecule has 33 heavy (non-hydrogen) atoms. The summed E-state index contributed by atoms with van der Waals surface area (Å²) >= 11 is 2.47. The zero-order chi connectivity index (χ0) is 24.0. The molecule has 4 aromatic rings. The van der Waals surface area contributed by atoms with E-state index in [9.17, 15) is 8.42 Å². The Morgan fingerprint density at radius 3 is 2.55 bits per heavy atom. The van der Waals surface area contributed by atoms with Crippen LogP contribution in [0, 0.1) is 12.7 Å². The molecule has 0 bridgehead atoms. The van der Waals surface area contributed by atoms with Gasteiger partial charge >= 0.3 is 0 Å². The molecular formula is C22H22FN5O2S3. The van der Waals surface area contributed by atoms with E-state index in [2.05, 4.69) is 14.7 Å². The molecular weight excluding hydrogens is 481 g/mol. The number of anilines is 2. The van der Waals surface area contributed by atoms with Crippen molar-refractivity contribution >= 4 is 44.3 Å². The summed E-state index contributed by atoms with van der Waals surface area (Å²) in [4.78, 5) is 13.6. The van der Waals surface area contributed by atoms with Crippen LogP contribution in [0.3, 0.4) is 0 Å². The average Bonchev–Trinajstić information content (AvgIpc) is 3.36. The minimum absolute atomic E-state index is 0.0948. The molecule has 3 heterocycles. The summed E-state index contributed by atoms with van der Waals surface area (Å²) in [5, 5.41) is 2.51. The van der Waals surface area contributed by atoms with Crippen LogP contribution in [-0.2, 0) is 15.4 Å². The van der Waals surface area contributed by atoms with Gasteiger partial charge in [-0.05, 0) is 42.1 Å². The lowest BCUT2D eigenvalue weighted by Gasteiger charge is -2.13. The lowest BCUT2D eigenvalue weighted by atomic mass is 9.98. The van der Waals surface area contributed by atoms with E-state index in [0.717, 1.165) is 21.9 Å². The Balaban J connectivity index is 1.84. The fraction of sp³-hybridized carbons (Fsp3) is 0.227. The number of benzene rings is 1. The number of hydrogen-bond acceptors (Lipinski definition) is 8. The highest BCUT2D eigenvalue weighted by atomic mass is 32.2. The molecule has 0 radical (unpaired) electrons. The van der Waals surface area contributed by atoms with Crippen LogP contribution in [0.5, 0.6) is 0 Å². The van der Waals surface area contributed by atoms with Crippen molar-refractivity contribution in [2.75, 3.05) is 10.5 Å². The van der Waals surface area contributed by atoms with Gasteiger partial charge in [-0.25, -0.2) is 27.8 Å². The Labute approximate surface area is 199 Å². The molecule has 0 aliphatic rings. The Kier molecular flexibility index (Phi) is 5.97. The number of nitrogens with two attached hydrogens (primary N) is 1. The number of aromatic nitrogens is 3. The molecule has 1 aromatic carbocycles. The summed E-state index contributed by atoms with van der Waals surface area (Å²) in [5.74, 6) is -0.624. The third kappa shape index (κ3) is 4.75. The van der Waals surface area contributed by atoms with Crippen molar-refractivity contribution < 1.29 is 12.8 Å². The third-order valence-electron chi connectivity index (χ3n) is 4.65. The topological polar surface area (TPSA) is 111 Å². The monoisotopic (exact) mass is 503 g/mol. The summed E-state index contributed by atoms with van der Waals surface area (Å²) in [5.41, 5.74) is 7.20. The largest absolute Gasteiger partial charge is 0.368 e. The van der Waals surface area contributed by atoms with E-state index in [1.807, 2.05) is 20.8 Å². The number of aryl methyl sites for hydroxylation is 1. The smallest absolute Gasteiger partial charge is 0.271 e. The van der Waals surface area contributed by atoms with Crippen molar-refractivity contribution in [3.05, 3.63) is 58.3 Å². The third-order valence-corrected chi connectivity index (χ3v) is 9.07. The van der Waals surface area contributed by atoms with Gasteiger partial charge in [-0.15, -0.1) is 22.7 Å². The van der Waals surface area contributed by atoms with Crippen LogP contribution in [0.2, 0.25) is 0 Å². The summed E-state index contributed by atoms with van der Waals surface area (Å²) in [6, 6.07) is 7.77. The van der Waals surface area contributed by atoms with Crippen LogP contribution < -0.4 is 10.5 Å². The number of hydrogen-bond donors (Lipinski definition) is 2. The minimum atomic E-state index is -3.93. The highest BCUT2D eigenvalue weighted by Gasteiger charge is 2.27. The van der Waals surface area contributed by atoms with Gasteiger partial charge in [0.1, 0.15) is 4.21 Å². The van der Waals surface area contributed by atoms with E-state index in [4.69, 9.17) is 10.7 Å². The van der Waals surface area contributed by atoms with Gasteiger partial charge in [0.25, 0.3) is 10.0 Å². The molecule has 3 aromatic heterocycles. The minimum Gasteiger partial charge on any atom is -0.368 e. The van der Waals surface area contributed by atoms with E-state index >= 15 is 4.39 Å². The first-order chi connectivity index (χ1) is 15.5. The number of rotatable bonds is 5. The van der Waals surface area contributed by atoms with Crippen LogP contribution in [0.15, 0.2) is 46.1 Å². The molecule has 0 aliphatic heterocycles. The number of nitrogen functional groups attached to an aromatic ring is 1. The zero-order valence-corrected chi connectivity index (χ0v) is 20.8. The van der Waals surface area contributed by atoms with Crippen LogP contribution >= 0.6 is 22.7 Å². The Morgan fingerprint density at radius 2 is 1.91 bits per heavy atom. The lowest BCUT2D eigenvalue weighted by Crippen LogP contribution is -2.13. The normalized spacial score (nSPS) is 12.2. The predicted octanol–water partition coefficient (Wildman–Crippen LogP) is 5.46. The molecule has 0 atom stereocenters. The second-order valence-corrected chi connectivity index (χ2v) is 12.3. The standard InChI is InChI=1S/C22H22FN5O2S3/c1-12-10-16(31-11-12)33(29,30)28-14-7-5-6-13(17(14)23)18-19(15-8-9-25-21(24)26-15)32-20(27-18)22(2,3)4/h5-11,28H,1-4H3,(H2,24,25,26). The number of nitrogens with one attached hydrogen (secondary N) is 1. The zero-order valence-electron chi connectivity index (χ0n) is 18.4. The van der Waals surface area contributed by atoms with Crippen molar-refractivity contribution in [3.63, 3.8) is 0 Å².